The van der Waals surface area contributed by atoms with E-state index in [2.05, 4.69) is 81.2 Å². The molecule has 0 N–H and O–H groups in total. The maximum atomic E-state index is 3.59. The zero-order valence-electron chi connectivity index (χ0n) is 11.0. The lowest BCUT2D eigenvalue weighted by molar-refractivity contribution is 1.02. The van der Waals surface area contributed by atoms with E-state index in [0.717, 1.165) is 17.3 Å². The van der Waals surface area contributed by atoms with Crippen LogP contribution in [-0.4, -0.2) is 4.57 Å². The molecule has 0 radical (unpaired) electrons. The van der Waals surface area contributed by atoms with Gasteiger partial charge in [-0.25, -0.2) is 0 Å². The Hall–Kier alpha value is -1.80. The fraction of sp³-hybridized carbons (Fsp3) is 0.111. The summed E-state index contributed by atoms with van der Waals surface area (Å²) in [5, 5.41) is 2.61. The highest BCUT2D eigenvalue weighted by Gasteiger charge is 2.12. The van der Waals surface area contributed by atoms with Gasteiger partial charge in [0.25, 0.3) is 0 Å². The fourth-order valence-corrected chi connectivity index (χ4v) is 3.35. The lowest BCUT2D eigenvalue weighted by atomic mass is 10.1. The average molecular weight is 324 g/mol. The van der Waals surface area contributed by atoms with Crippen LogP contribution in [0.1, 0.15) is 12.8 Å². The SMILES string of the molecule is Brc1ccc2c(c1)c1ccccc1n2C1=CCCC=C1. The number of para-hydroxylation sites is 1. The van der Waals surface area contributed by atoms with Crippen LogP contribution in [-0.2, 0) is 0 Å². The van der Waals surface area contributed by atoms with Crippen molar-refractivity contribution in [2.24, 2.45) is 0 Å². The van der Waals surface area contributed by atoms with E-state index in [1.807, 2.05) is 0 Å². The molecule has 0 bridgehead atoms. The van der Waals surface area contributed by atoms with Crippen LogP contribution >= 0.6 is 15.9 Å². The van der Waals surface area contributed by atoms with Gasteiger partial charge in [-0.2, -0.15) is 0 Å². The third-order valence-corrected chi connectivity index (χ3v) is 4.36. The van der Waals surface area contributed by atoms with Crippen molar-refractivity contribution in [2.45, 2.75) is 12.8 Å². The van der Waals surface area contributed by atoms with Crippen LogP contribution in [0.3, 0.4) is 0 Å². The molecule has 1 heterocycles. The van der Waals surface area contributed by atoms with Crippen LogP contribution in [0.25, 0.3) is 27.5 Å². The molecule has 0 saturated heterocycles. The Morgan fingerprint density at radius 1 is 0.900 bits per heavy atom. The second-order valence-corrected chi connectivity index (χ2v) is 6.04. The summed E-state index contributed by atoms with van der Waals surface area (Å²) in [6, 6.07) is 15.1. The molecule has 0 unspecified atom stereocenters. The molecule has 20 heavy (non-hydrogen) atoms. The Kier molecular flexibility index (Phi) is 2.78. The molecule has 2 heteroatoms. The monoisotopic (exact) mass is 323 g/mol. The summed E-state index contributed by atoms with van der Waals surface area (Å²) in [7, 11) is 0. The smallest absolute Gasteiger partial charge is 0.0541 e. The third-order valence-electron chi connectivity index (χ3n) is 3.87. The first-order valence-electron chi connectivity index (χ1n) is 6.90. The third kappa shape index (κ3) is 1.75. The quantitative estimate of drug-likeness (QED) is 0.537. The zero-order valence-corrected chi connectivity index (χ0v) is 12.6. The molecule has 1 aliphatic carbocycles. The highest BCUT2D eigenvalue weighted by molar-refractivity contribution is 9.10. The molecule has 0 amide bonds. The van der Waals surface area contributed by atoms with Crippen molar-refractivity contribution in [1.29, 1.82) is 0 Å². The molecular weight excluding hydrogens is 310 g/mol. The van der Waals surface area contributed by atoms with E-state index in [4.69, 9.17) is 0 Å². The van der Waals surface area contributed by atoms with Gasteiger partial charge in [-0.3, -0.25) is 0 Å². The maximum Gasteiger partial charge on any atom is 0.0541 e. The fourth-order valence-electron chi connectivity index (χ4n) is 2.99. The van der Waals surface area contributed by atoms with Gasteiger partial charge in [-0.1, -0.05) is 46.3 Å². The van der Waals surface area contributed by atoms with Crippen molar-refractivity contribution in [3.8, 4) is 0 Å². The van der Waals surface area contributed by atoms with Crippen molar-refractivity contribution in [3.63, 3.8) is 0 Å². The number of fused-ring (bicyclic) bond motifs is 3. The van der Waals surface area contributed by atoms with Gasteiger partial charge in [-0.05, 0) is 43.2 Å². The normalized spacial score (nSPS) is 14.9. The minimum atomic E-state index is 1.12. The van der Waals surface area contributed by atoms with Gasteiger partial charge in [0.05, 0.1) is 11.0 Å². The molecule has 0 aliphatic heterocycles. The highest BCUT2D eigenvalue weighted by atomic mass is 79.9. The van der Waals surface area contributed by atoms with E-state index >= 15 is 0 Å². The largest absolute Gasteiger partial charge is 0.310 e. The summed E-state index contributed by atoms with van der Waals surface area (Å²) in [6.07, 6.45) is 9.09. The number of benzene rings is 2. The van der Waals surface area contributed by atoms with Gasteiger partial charge in [0.2, 0.25) is 0 Å². The molecule has 3 aromatic rings. The van der Waals surface area contributed by atoms with E-state index < -0.39 is 0 Å². The number of rotatable bonds is 1. The first-order valence-corrected chi connectivity index (χ1v) is 7.70. The van der Waals surface area contributed by atoms with Crippen LogP contribution < -0.4 is 0 Å². The first kappa shape index (κ1) is 12.0. The van der Waals surface area contributed by atoms with Crippen LogP contribution in [0.5, 0.6) is 0 Å². The molecule has 4 rings (SSSR count). The van der Waals surface area contributed by atoms with Gasteiger partial charge in [-0.15, -0.1) is 0 Å². The number of hydrogen-bond acceptors (Lipinski definition) is 0. The van der Waals surface area contributed by atoms with Crippen LogP contribution in [0.4, 0.5) is 0 Å². The minimum absolute atomic E-state index is 1.12. The number of allylic oxidation sites excluding steroid dienone is 4. The van der Waals surface area contributed by atoms with Crippen molar-refractivity contribution in [2.75, 3.05) is 0 Å². The number of halogens is 1. The molecule has 1 nitrogen and oxygen atoms in total. The molecule has 1 aromatic heterocycles. The Bertz CT molecular complexity index is 868. The number of hydrogen-bond donors (Lipinski definition) is 0. The van der Waals surface area contributed by atoms with Gasteiger partial charge < -0.3 is 4.57 Å². The van der Waals surface area contributed by atoms with Crippen LogP contribution in [0.15, 0.2) is 65.2 Å². The van der Waals surface area contributed by atoms with Gasteiger partial charge in [0, 0.05) is 20.9 Å². The summed E-state index contributed by atoms with van der Waals surface area (Å²) < 4.78 is 3.49. The van der Waals surface area contributed by atoms with Crippen molar-refractivity contribution in [1.82, 2.24) is 4.57 Å². The Labute approximate surface area is 126 Å². The van der Waals surface area contributed by atoms with Gasteiger partial charge in [0.1, 0.15) is 0 Å². The Morgan fingerprint density at radius 2 is 1.75 bits per heavy atom. The topological polar surface area (TPSA) is 4.93 Å². The van der Waals surface area contributed by atoms with Gasteiger partial charge >= 0.3 is 0 Å². The summed E-state index contributed by atoms with van der Waals surface area (Å²) in [5.41, 5.74) is 3.83. The van der Waals surface area contributed by atoms with Crippen LogP contribution in [0, 0.1) is 0 Å². The second kappa shape index (κ2) is 4.64. The summed E-state index contributed by atoms with van der Waals surface area (Å²) in [5.74, 6) is 0. The predicted molar refractivity (Wildman–Crippen MR) is 89.8 cm³/mol. The van der Waals surface area contributed by atoms with Crippen molar-refractivity contribution in [3.05, 3.63) is 65.2 Å². The lowest BCUT2D eigenvalue weighted by Gasteiger charge is -2.11. The molecule has 0 atom stereocenters. The predicted octanol–water partition coefficient (Wildman–Crippen LogP) is 5.75. The van der Waals surface area contributed by atoms with E-state index in [9.17, 15) is 0 Å². The van der Waals surface area contributed by atoms with Crippen molar-refractivity contribution >= 4 is 43.4 Å². The maximum absolute atomic E-state index is 3.59. The van der Waals surface area contributed by atoms with Crippen LogP contribution in [0.2, 0.25) is 0 Å². The summed E-state index contributed by atoms with van der Waals surface area (Å²) in [6.45, 7) is 0. The Morgan fingerprint density at radius 3 is 2.60 bits per heavy atom. The summed E-state index contributed by atoms with van der Waals surface area (Å²) >= 11 is 3.59. The highest BCUT2D eigenvalue weighted by Crippen LogP contribution is 2.34. The lowest BCUT2D eigenvalue weighted by Crippen LogP contribution is -1.96. The van der Waals surface area contributed by atoms with E-state index in [-0.39, 0.29) is 0 Å². The molecule has 98 valence electrons. The number of nitrogens with zero attached hydrogens (tertiary/aromatic N) is 1. The second-order valence-electron chi connectivity index (χ2n) is 5.12. The first-order chi connectivity index (χ1) is 9.84. The standard InChI is InChI=1S/C18H14BrN/c19-13-10-11-18-16(12-13)15-8-4-5-9-17(15)20(18)14-6-2-1-3-7-14/h2,4-12H,1,3H2. The van der Waals surface area contributed by atoms with E-state index in [1.54, 1.807) is 0 Å². The summed E-state index contributed by atoms with van der Waals surface area (Å²) in [4.78, 5) is 0. The average Bonchev–Trinajstić information content (AvgIpc) is 2.82. The molecule has 0 spiro atoms. The Balaban J connectivity index is 2.16. The number of aromatic nitrogens is 1. The molecular formula is C18H14BrN. The van der Waals surface area contributed by atoms with Gasteiger partial charge in [0.15, 0.2) is 0 Å². The van der Waals surface area contributed by atoms with E-state index in [1.165, 1.54) is 27.5 Å². The molecule has 0 saturated carbocycles. The van der Waals surface area contributed by atoms with E-state index in [0.29, 0.717) is 0 Å². The minimum Gasteiger partial charge on any atom is -0.310 e. The van der Waals surface area contributed by atoms with Crippen molar-refractivity contribution < 1.29 is 0 Å². The molecule has 0 fully saturated rings. The molecule has 1 aliphatic rings. The zero-order chi connectivity index (χ0) is 13.5. The molecule has 2 aromatic carbocycles.